The molecule has 0 fully saturated rings. The van der Waals surface area contributed by atoms with Crippen molar-refractivity contribution in [1.82, 2.24) is 14.8 Å². The molecule has 0 radical (unpaired) electrons. The van der Waals surface area contributed by atoms with Gasteiger partial charge in [0.25, 0.3) is 0 Å². The van der Waals surface area contributed by atoms with Crippen LogP contribution in [0.4, 0.5) is 4.39 Å². The zero-order valence-corrected chi connectivity index (χ0v) is 12.6. The van der Waals surface area contributed by atoms with Crippen LogP contribution in [0.1, 0.15) is 5.82 Å². The Bertz CT molecular complexity index is 747. The van der Waals surface area contributed by atoms with Crippen molar-refractivity contribution in [3.8, 4) is 5.75 Å². The van der Waals surface area contributed by atoms with Gasteiger partial charge in [0.2, 0.25) is 10.0 Å². The topological polar surface area (TPSA) is 100 Å². The molecule has 0 atom stereocenters. The van der Waals surface area contributed by atoms with E-state index in [9.17, 15) is 12.8 Å². The number of hydrogen-bond acceptors (Lipinski definition) is 5. The normalized spacial score (nSPS) is 11.6. The van der Waals surface area contributed by atoms with E-state index in [1.54, 1.807) is 11.6 Å². The maximum absolute atomic E-state index is 13.7. The van der Waals surface area contributed by atoms with Crippen LogP contribution < -0.4 is 9.88 Å². The SMILES string of the molecule is Cn1cnnc1COc1cc(F)c(S(N)(=O)=O)cc1Br. The standard InChI is InChI=1S/C10H10BrFN4O3S/c1-16-5-14-15-10(16)4-19-8-3-7(12)9(2-6(8)11)20(13,17)18/h2-3,5H,4H2,1H3,(H2,13,17,18). The Balaban J connectivity index is 2.26. The molecule has 1 aromatic carbocycles. The first kappa shape index (κ1) is 14.9. The van der Waals surface area contributed by atoms with E-state index in [0.717, 1.165) is 12.1 Å². The van der Waals surface area contributed by atoms with E-state index in [4.69, 9.17) is 9.88 Å². The number of aromatic nitrogens is 3. The van der Waals surface area contributed by atoms with Crippen LogP contribution in [0, 0.1) is 5.82 Å². The van der Waals surface area contributed by atoms with Gasteiger partial charge in [-0.2, -0.15) is 0 Å². The van der Waals surface area contributed by atoms with Gasteiger partial charge in [-0.05, 0) is 22.0 Å². The zero-order chi connectivity index (χ0) is 14.9. The van der Waals surface area contributed by atoms with Gasteiger partial charge in [-0.25, -0.2) is 17.9 Å². The maximum Gasteiger partial charge on any atom is 0.241 e. The highest BCUT2D eigenvalue weighted by atomic mass is 79.9. The maximum atomic E-state index is 13.7. The van der Waals surface area contributed by atoms with E-state index in [1.165, 1.54) is 6.33 Å². The first-order valence-electron chi connectivity index (χ1n) is 5.26. The first-order valence-corrected chi connectivity index (χ1v) is 7.60. The van der Waals surface area contributed by atoms with Gasteiger partial charge in [0.1, 0.15) is 29.4 Å². The molecule has 0 saturated heterocycles. The molecule has 0 amide bonds. The van der Waals surface area contributed by atoms with Gasteiger partial charge in [-0.15, -0.1) is 10.2 Å². The summed E-state index contributed by atoms with van der Waals surface area (Å²) in [5, 5.41) is 12.4. The molecule has 0 unspecified atom stereocenters. The molecule has 0 bridgehead atoms. The summed E-state index contributed by atoms with van der Waals surface area (Å²) in [4.78, 5) is -0.601. The summed E-state index contributed by atoms with van der Waals surface area (Å²) in [5.74, 6) is -0.311. The number of nitrogens with two attached hydrogens (primary N) is 1. The van der Waals surface area contributed by atoms with Crippen molar-refractivity contribution in [1.29, 1.82) is 0 Å². The highest BCUT2D eigenvalue weighted by Crippen LogP contribution is 2.30. The summed E-state index contributed by atoms with van der Waals surface area (Å²) in [6, 6.07) is 2.00. The second-order valence-electron chi connectivity index (χ2n) is 3.90. The first-order chi connectivity index (χ1) is 9.29. The molecule has 0 aliphatic heterocycles. The van der Waals surface area contributed by atoms with Crippen molar-refractivity contribution in [2.75, 3.05) is 0 Å². The molecular weight excluding hydrogens is 355 g/mol. The van der Waals surface area contributed by atoms with Crippen molar-refractivity contribution in [2.45, 2.75) is 11.5 Å². The quantitative estimate of drug-likeness (QED) is 0.869. The number of benzene rings is 1. The second kappa shape index (κ2) is 5.46. The molecule has 108 valence electrons. The summed E-state index contributed by atoms with van der Waals surface area (Å²) in [6.45, 7) is 0.0588. The molecule has 1 heterocycles. The molecule has 2 rings (SSSR count). The third-order valence-corrected chi connectivity index (χ3v) is 4.00. The monoisotopic (exact) mass is 364 g/mol. The summed E-state index contributed by atoms with van der Waals surface area (Å²) in [5.41, 5.74) is 0. The lowest BCUT2D eigenvalue weighted by atomic mass is 10.3. The van der Waals surface area contributed by atoms with Crippen molar-refractivity contribution >= 4 is 26.0 Å². The number of nitrogens with zero attached hydrogens (tertiary/aromatic N) is 3. The fourth-order valence-corrected chi connectivity index (χ4v) is 2.64. The Kier molecular flexibility index (Phi) is 4.06. The van der Waals surface area contributed by atoms with Gasteiger partial charge in [-0.3, -0.25) is 0 Å². The predicted octanol–water partition coefficient (Wildman–Crippen LogP) is 0.943. The minimum absolute atomic E-state index is 0.0588. The number of sulfonamides is 1. The molecule has 2 aromatic rings. The van der Waals surface area contributed by atoms with E-state index in [0.29, 0.717) is 5.82 Å². The van der Waals surface area contributed by atoms with Crippen LogP contribution in [-0.4, -0.2) is 23.2 Å². The summed E-state index contributed by atoms with van der Waals surface area (Å²) >= 11 is 3.10. The highest BCUT2D eigenvalue weighted by molar-refractivity contribution is 9.10. The van der Waals surface area contributed by atoms with Crippen LogP contribution in [0.3, 0.4) is 0 Å². The molecule has 20 heavy (non-hydrogen) atoms. The van der Waals surface area contributed by atoms with Crippen LogP contribution >= 0.6 is 15.9 Å². The van der Waals surface area contributed by atoms with Gasteiger partial charge in [0.05, 0.1) is 4.47 Å². The lowest BCUT2D eigenvalue weighted by molar-refractivity contribution is 0.287. The molecule has 0 spiro atoms. The third-order valence-electron chi connectivity index (χ3n) is 2.45. The highest BCUT2D eigenvalue weighted by Gasteiger charge is 2.18. The largest absolute Gasteiger partial charge is 0.484 e. The Morgan fingerprint density at radius 2 is 2.20 bits per heavy atom. The molecule has 0 aliphatic rings. The van der Waals surface area contributed by atoms with Crippen LogP contribution in [0.15, 0.2) is 27.8 Å². The second-order valence-corrected chi connectivity index (χ2v) is 6.29. The Morgan fingerprint density at radius 3 is 2.75 bits per heavy atom. The zero-order valence-electron chi connectivity index (χ0n) is 10.2. The third kappa shape index (κ3) is 3.14. The Morgan fingerprint density at radius 1 is 1.50 bits per heavy atom. The molecule has 1 aromatic heterocycles. The minimum Gasteiger partial charge on any atom is -0.484 e. The lowest BCUT2D eigenvalue weighted by Crippen LogP contribution is -2.14. The number of rotatable bonds is 4. The van der Waals surface area contributed by atoms with Gasteiger partial charge >= 0.3 is 0 Å². The van der Waals surface area contributed by atoms with Gasteiger partial charge < -0.3 is 9.30 Å². The van der Waals surface area contributed by atoms with Gasteiger partial charge in [0, 0.05) is 13.1 Å². The molecule has 7 nitrogen and oxygen atoms in total. The van der Waals surface area contributed by atoms with Gasteiger partial charge in [-0.1, -0.05) is 0 Å². The van der Waals surface area contributed by atoms with Crippen LogP contribution in [0.2, 0.25) is 0 Å². The fourth-order valence-electron chi connectivity index (χ4n) is 1.42. The van der Waals surface area contributed by atoms with E-state index in [1.807, 2.05) is 0 Å². The number of aryl methyl sites for hydroxylation is 1. The Hall–Kier alpha value is -1.52. The summed E-state index contributed by atoms with van der Waals surface area (Å²) in [7, 11) is -2.39. The van der Waals surface area contributed by atoms with Crippen LogP contribution in [-0.2, 0) is 23.7 Å². The minimum atomic E-state index is -4.12. The van der Waals surface area contributed by atoms with E-state index in [2.05, 4.69) is 26.1 Å². The summed E-state index contributed by atoms with van der Waals surface area (Å²) < 4.78 is 43.3. The number of halogens is 2. The predicted molar refractivity (Wildman–Crippen MR) is 70.8 cm³/mol. The van der Waals surface area contributed by atoms with Gasteiger partial charge in [0.15, 0.2) is 5.82 Å². The van der Waals surface area contributed by atoms with Crippen molar-refractivity contribution in [3.63, 3.8) is 0 Å². The summed E-state index contributed by atoms with van der Waals surface area (Å²) in [6.07, 6.45) is 1.50. The number of ether oxygens (including phenoxy) is 1. The van der Waals surface area contributed by atoms with Crippen molar-refractivity contribution < 1.29 is 17.5 Å². The van der Waals surface area contributed by atoms with E-state index < -0.39 is 20.7 Å². The van der Waals surface area contributed by atoms with Crippen molar-refractivity contribution in [2.24, 2.45) is 12.2 Å². The average Bonchev–Trinajstić information content (AvgIpc) is 2.74. The number of primary sulfonamides is 1. The Labute approximate surface area is 122 Å². The molecule has 0 aliphatic carbocycles. The number of hydrogen-bond donors (Lipinski definition) is 1. The smallest absolute Gasteiger partial charge is 0.241 e. The lowest BCUT2D eigenvalue weighted by Gasteiger charge is -2.09. The molecular formula is C10H10BrFN4O3S. The van der Waals surface area contributed by atoms with E-state index >= 15 is 0 Å². The van der Waals surface area contributed by atoms with Crippen molar-refractivity contribution in [3.05, 3.63) is 34.6 Å². The van der Waals surface area contributed by atoms with Crippen LogP contribution in [0.5, 0.6) is 5.75 Å². The van der Waals surface area contributed by atoms with E-state index in [-0.39, 0.29) is 16.8 Å². The fraction of sp³-hybridized carbons (Fsp3) is 0.200. The van der Waals surface area contributed by atoms with Crippen LogP contribution in [0.25, 0.3) is 0 Å². The molecule has 2 N–H and O–H groups in total. The molecule has 10 heteroatoms. The molecule has 0 saturated carbocycles. The average molecular weight is 365 g/mol.